The third-order valence-electron chi connectivity index (χ3n) is 2.66. The molecule has 0 bridgehead atoms. The largest absolute Gasteiger partial charge is 0.492 e. The van der Waals surface area contributed by atoms with E-state index >= 15 is 0 Å². The SMILES string of the molecule is CCCCC1=C(I)c2ccccc2CO1. The van der Waals surface area contributed by atoms with Crippen LogP contribution in [0.4, 0.5) is 0 Å². The predicted molar refractivity (Wildman–Crippen MR) is 71.7 cm³/mol. The first-order valence-electron chi connectivity index (χ1n) is 5.42. The summed E-state index contributed by atoms with van der Waals surface area (Å²) in [5.41, 5.74) is 2.66. The van der Waals surface area contributed by atoms with Gasteiger partial charge in [-0.25, -0.2) is 0 Å². The fourth-order valence-corrected chi connectivity index (χ4v) is 2.71. The van der Waals surface area contributed by atoms with E-state index < -0.39 is 0 Å². The molecule has 1 aliphatic heterocycles. The first-order chi connectivity index (χ1) is 7.33. The standard InChI is InChI=1S/C13H15IO/c1-2-3-8-12-13(14)11-7-5-4-6-10(11)9-15-12/h4-7H,2-3,8-9H2,1H3. The number of unbranched alkanes of at least 4 members (excludes halogenated alkanes) is 1. The predicted octanol–water partition coefficient (Wildman–Crippen LogP) is 4.51. The molecule has 0 radical (unpaired) electrons. The zero-order chi connectivity index (χ0) is 10.7. The van der Waals surface area contributed by atoms with Crippen LogP contribution in [0.2, 0.25) is 0 Å². The van der Waals surface area contributed by atoms with E-state index in [1.807, 2.05) is 0 Å². The molecule has 15 heavy (non-hydrogen) atoms. The van der Waals surface area contributed by atoms with Gasteiger partial charge in [0.25, 0.3) is 0 Å². The van der Waals surface area contributed by atoms with E-state index in [1.165, 1.54) is 33.3 Å². The Labute approximate surface area is 105 Å². The van der Waals surface area contributed by atoms with Gasteiger partial charge in [-0.15, -0.1) is 0 Å². The number of hydrogen-bond acceptors (Lipinski definition) is 1. The molecule has 2 rings (SSSR count). The summed E-state index contributed by atoms with van der Waals surface area (Å²) in [4.78, 5) is 0. The maximum absolute atomic E-state index is 5.79. The molecule has 0 amide bonds. The van der Waals surface area contributed by atoms with Gasteiger partial charge in [-0.1, -0.05) is 37.6 Å². The van der Waals surface area contributed by atoms with Gasteiger partial charge in [-0.3, -0.25) is 0 Å². The lowest BCUT2D eigenvalue weighted by atomic mass is 10.0. The van der Waals surface area contributed by atoms with Crippen LogP contribution < -0.4 is 0 Å². The molecule has 0 saturated carbocycles. The minimum Gasteiger partial charge on any atom is -0.492 e. The van der Waals surface area contributed by atoms with Gasteiger partial charge < -0.3 is 4.74 Å². The molecule has 0 fully saturated rings. The lowest BCUT2D eigenvalue weighted by molar-refractivity contribution is 0.186. The Morgan fingerprint density at radius 1 is 1.33 bits per heavy atom. The highest BCUT2D eigenvalue weighted by molar-refractivity contribution is 14.1. The molecular formula is C13H15IO. The molecule has 0 aromatic heterocycles. The Hall–Kier alpha value is -0.510. The average molecular weight is 314 g/mol. The van der Waals surface area contributed by atoms with Gasteiger partial charge in [0.1, 0.15) is 12.4 Å². The third kappa shape index (κ3) is 2.36. The van der Waals surface area contributed by atoms with Crippen molar-refractivity contribution in [3.8, 4) is 0 Å². The van der Waals surface area contributed by atoms with Crippen molar-refractivity contribution in [2.75, 3.05) is 0 Å². The fraction of sp³-hybridized carbons (Fsp3) is 0.385. The van der Waals surface area contributed by atoms with Gasteiger partial charge in [0.2, 0.25) is 0 Å². The van der Waals surface area contributed by atoms with Gasteiger partial charge in [0, 0.05) is 6.42 Å². The van der Waals surface area contributed by atoms with Crippen molar-refractivity contribution in [1.29, 1.82) is 0 Å². The molecule has 0 N–H and O–H groups in total. The number of hydrogen-bond donors (Lipinski definition) is 0. The quantitative estimate of drug-likeness (QED) is 0.746. The summed E-state index contributed by atoms with van der Waals surface area (Å²) in [6.45, 7) is 2.95. The first-order valence-corrected chi connectivity index (χ1v) is 6.50. The molecule has 0 aliphatic carbocycles. The van der Waals surface area contributed by atoms with Crippen LogP contribution in [0.15, 0.2) is 30.0 Å². The summed E-state index contributed by atoms with van der Waals surface area (Å²) >= 11 is 2.40. The molecule has 1 aromatic rings. The smallest absolute Gasteiger partial charge is 0.113 e. The van der Waals surface area contributed by atoms with Crippen molar-refractivity contribution in [3.05, 3.63) is 41.2 Å². The van der Waals surface area contributed by atoms with Gasteiger partial charge >= 0.3 is 0 Å². The molecule has 1 heterocycles. The molecule has 0 unspecified atom stereocenters. The van der Waals surface area contributed by atoms with Crippen LogP contribution in [-0.4, -0.2) is 0 Å². The summed E-state index contributed by atoms with van der Waals surface area (Å²) in [5.74, 6) is 1.18. The van der Waals surface area contributed by atoms with E-state index in [4.69, 9.17) is 4.74 Å². The summed E-state index contributed by atoms with van der Waals surface area (Å²) < 4.78 is 7.09. The Kier molecular flexibility index (Phi) is 3.67. The molecule has 1 nitrogen and oxygen atoms in total. The van der Waals surface area contributed by atoms with Gasteiger partial charge in [0.15, 0.2) is 0 Å². The Morgan fingerprint density at radius 3 is 2.93 bits per heavy atom. The number of halogens is 1. The van der Waals surface area contributed by atoms with Crippen LogP contribution in [0.25, 0.3) is 3.58 Å². The lowest BCUT2D eigenvalue weighted by Crippen LogP contribution is -2.04. The van der Waals surface area contributed by atoms with E-state index in [2.05, 4.69) is 53.8 Å². The van der Waals surface area contributed by atoms with E-state index in [-0.39, 0.29) is 0 Å². The highest BCUT2D eigenvalue weighted by Crippen LogP contribution is 2.36. The number of ether oxygens (including phenoxy) is 1. The van der Waals surface area contributed by atoms with Crippen molar-refractivity contribution in [2.45, 2.75) is 32.8 Å². The topological polar surface area (TPSA) is 9.23 Å². The second-order valence-electron chi connectivity index (χ2n) is 3.79. The first kappa shape index (κ1) is 11.0. The molecule has 1 aliphatic rings. The maximum Gasteiger partial charge on any atom is 0.113 e. The molecule has 1 aromatic carbocycles. The third-order valence-corrected chi connectivity index (χ3v) is 3.84. The number of allylic oxidation sites excluding steroid dienone is 1. The molecular weight excluding hydrogens is 299 g/mol. The van der Waals surface area contributed by atoms with Crippen LogP contribution in [0.1, 0.15) is 37.3 Å². The fourth-order valence-electron chi connectivity index (χ4n) is 1.76. The van der Waals surface area contributed by atoms with Crippen molar-refractivity contribution in [3.63, 3.8) is 0 Å². The van der Waals surface area contributed by atoms with Crippen LogP contribution in [0.5, 0.6) is 0 Å². The average Bonchev–Trinajstić information content (AvgIpc) is 2.29. The monoisotopic (exact) mass is 314 g/mol. The van der Waals surface area contributed by atoms with Crippen molar-refractivity contribution in [1.82, 2.24) is 0 Å². The number of fused-ring (bicyclic) bond motifs is 1. The minimum atomic E-state index is 0.738. The van der Waals surface area contributed by atoms with Crippen LogP contribution >= 0.6 is 22.6 Å². The zero-order valence-electron chi connectivity index (χ0n) is 8.92. The highest BCUT2D eigenvalue weighted by Gasteiger charge is 2.16. The van der Waals surface area contributed by atoms with Gasteiger partial charge in [-0.2, -0.15) is 0 Å². The summed E-state index contributed by atoms with van der Waals surface area (Å²) in [5, 5.41) is 0. The molecule has 80 valence electrons. The summed E-state index contributed by atoms with van der Waals surface area (Å²) in [7, 11) is 0. The van der Waals surface area contributed by atoms with E-state index in [9.17, 15) is 0 Å². The molecule has 0 saturated heterocycles. The van der Waals surface area contributed by atoms with Crippen molar-refractivity contribution < 1.29 is 4.74 Å². The second-order valence-corrected chi connectivity index (χ2v) is 4.87. The van der Waals surface area contributed by atoms with Gasteiger partial charge in [-0.05, 0) is 40.1 Å². The van der Waals surface area contributed by atoms with Crippen LogP contribution in [0.3, 0.4) is 0 Å². The van der Waals surface area contributed by atoms with E-state index in [1.54, 1.807) is 0 Å². The van der Waals surface area contributed by atoms with Crippen molar-refractivity contribution >= 4 is 26.2 Å². The summed E-state index contributed by atoms with van der Waals surface area (Å²) in [6, 6.07) is 8.50. The molecule has 0 atom stereocenters. The van der Waals surface area contributed by atoms with Crippen LogP contribution in [-0.2, 0) is 11.3 Å². The number of rotatable bonds is 3. The molecule has 0 spiro atoms. The van der Waals surface area contributed by atoms with E-state index in [0.717, 1.165) is 13.0 Å². The Balaban J connectivity index is 2.28. The lowest BCUT2D eigenvalue weighted by Gasteiger charge is -2.21. The Bertz CT molecular complexity index is 382. The summed E-state index contributed by atoms with van der Waals surface area (Å²) in [6.07, 6.45) is 3.51. The maximum atomic E-state index is 5.79. The highest BCUT2D eigenvalue weighted by atomic mass is 127. The normalized spacial score (nSPS) is 14.8. The van der Waals surface area contributed by atoms with Gasteiger partial charge in [0.05, 0.1) is 3.58 Å². The minimum absolute atomic E-state index is 0.738. The Morgan fingerprint density at radius 2 is 2.13 bits per heavy atom. The zero-order valence-corrected chi connectivity index (χ0v) is 11.1. The van der Waals surface area contributed by atoms with Crippen LogP contribution in [0, 0.1) is 0 Å². The second kappa shape index (κ2) is 5.01. The van der Waals surface area contributed by atoms with Crippen molar-refractivity contribution in [2.24, 2.45) is 0 Å². The number of benzene rings is 1. The van der Waals surface area contributed by atoms with E-state index in [0.29, 0.717) is 0 Å². The molecule has 2 heteroatoms.